The van der Waals surface area contributed by atoms with Crippen LogP contribution >= 0.6 is 0 Å². The van der Waals surface area contributed by atoms with E-state index in [0.29, 0.717) is 17.0 Å². The summed E-state index contributed by atoms with van der Waals surface area (Å²) in [5.74, 6) is -2.76. The van der Waals surface area contributed by atoms with Gasteiger partial charge in [0.05, 0.1) is 28.7 Å². The van der Waals surface area contributed by atoms with E-state index in [9.17, 15) is 35.2 Å². The van der Waals surface area contributed by atoms with Gasteiger partial charge in [0.25, 0.3) is 0 Å². The lowest BCUT2D eigenvalue weighted by molar-refractivity contribution is -0.175. The maximum absolute atomic E-state index is 14.2. The summed E-state index contributed by atoms with van der Waals surface area (Å²) in [7, 11) is -4.25. The van der Waals surface area contributed by atoms with Gasteiger partial charge in [-0.15, -0.1) is 0 Å². The molecule has 0 saturated carbocycles. The number of hydrogen-bond acceptors (Lipinski definition) is 5. The molecule has 1 aliphatic heterocycles. The summed E-state index contributed by atoms with van der Waals surface area (Å²) < 4.78 is 92.7. The van der Waals surface area contributed by atoms with Gasteiger partial charge in [-0.25, -0.2) is 27.2 Å². The number of allylic oxidation sites excluding steroid dienone is 2. The van der Waals surface area contributed by atoms with Gasteiger partial charge in [0.2, 0.25) is 15.9 Å². The number of rotatable bonds is 6. The Bertz CT molecular complexity index is 1250. The molecule has 36 heavy (non-hydrogen) atoms. The minimum absolute atomic E-state index is 0.0458. The van der Waals surface area contributed by atoms with Gasteiger partial charge in [-0.05, 0) is 55.2 Å². The average Bonchev–Trinajstić information content (AvgIpc) is 3.25. The van der Waals surface area contributed by atoms with Crippen molar-refractivity contribution in [2.75, 3.05) is 6.54 Å². The average molecular weight is 531 g/mol. The summed E-state index contributed by atoms with van der Waals surface area (Å²) in [5.41, 5.74) is 1.45. The molecule has 194 valence electrons. The first-order chi connectivity index (χ1) is 16.9. The zero-order valence-electron chi connectivity index (χ0n) is 18.9. The molecule has 13 heteroatoms. The van der Waals surface area contributed by atoms with Crippen molar-refractivity contribution in [3.63, 3.8) is 0 Å². The van der Waals surface area contributed by atoms with Crippen LogP contribution in [0, 0.1) is 11.7 Å². The maximum Gasteiger partial charge on any atom is 0.392 e. The molecule has 0 spiro atoms. The number of aromatic nitrogens is 2. The van der Waals surface area contributed by atoms with Crippen LogP contribution in [0.3, 0.4) is 0 Å². The second kappa shape index (κ2) is 10.2. The molecule has 0 unspecified atom stereocenters. The van der Waals surface area contributed by atoms with E-state index in [1.807, 2.05) is 0 Å². The van der Waals surface area contributed by atoms with Gasteiger partial charge in [-0.2, -0.15) is 17.5 Å². The monoisotopic (exact) mass is 530 g/mol. The van der Waals surface area contributed by atoms with Crippen molar-refractivity contribution in [3.05, 3.63) is 59.9 Å². The summed E-state index contributed by atoms with van der Waals surface area (Å²) in [5, 5.41) is 2.55. The van der Waals surface area contributed by atoms with Crippen molar-refractivity contribution in [2.24, 2.45) is 5.92 Å². The first kappa shape index (κ1) is 26.1. The molecule has 2 aliphatic rings. The number of carbonyl (C=O) groups is 1. The third-order valence-corrected chi connectivity index (χ3v) is 8.19. The Morgan fingerprint density at radius 2 is 1.89 bits per heavy atom. The minimum atomic E-state index is -4.25. The van der Waals surface area contributed by atoms with Crippen LogP contribution in [0.15, 0.2) is 47.6 Å². The highest BCUT2D eigenvalue weighted by atomic mass is 32.2. The predicted molar refractivity (Wildman–Crippen MR) is 119 cm³/mol. The molecule has 7 nitrogen and oxygen atoms in total. The zero-order valence-corrected chi connectivity index (χ0v) is 19.7. The van der Waals surface area contributed by atoms with Crippen molar-refractivity contribution in [3.8, 4) is 0 Å². The summed E-state index contributed by atoms with van der Waals surface area (Å²) >= 11 is 0. The molecular weight excluding hydrogens is 507 g/mol. The molecule has 2 aromatic rings. The van der Waals surface area contributed by atoms with Gasteiger partial charge >= 0.3 is 6.18 Å². The molecular formula is C23H23F5N4O3S. The number of halogens is 5. The second-order valence-corrected chi connectivity index (χ2v) is 10.6. The fourth-order valence-corrected chi connectivity index (χ4v) is 5.96. The number of nitrogens with one attached hydrogen (secondary N) is 1. The summed E-state index contributed by atoms with van der Waals surface area (Å²) in [6.45, 7) is -0.632. The third-order valence-electron chi connectivity index (χ3n) is 6.30. The molecule has 1 aliphatic carbocycles. The molecule has 0 radical (unpaired) electrons. The minimum Gasteiger partial charge on any atom is -0.349 e. The van der Waals surface area contributed by atoms with Crippen LogP contribution in [-0.2, 0) is 21.4 Å². The molecule has 1 aromatic heterocycles. The van der Waals surface area contributed by atoms with E-state index in [1.54, 1.807) is 6.07 Å². The summed E-state index contributed by atoms with van der Waals surface area (Å²) in [6, 6.07) is 4.25. The highest BCUT2D eigenvalue weighted by Crippen LogP contribution is 2.39. The van der Waals surface area contributed by atoms with Crippen LogP contribution in [0.4, 0.5) is 22.0 Å². The zero-order chi connectivity index (χ0) is 26.1. The van der Waals surface area contributed by atoms with Gasteiger partial charge in [-0.1, -0.05) is 6.08 Å². The number of carbonyl (C=O) groups excluding carboxylic acids is 1. The summed E-state index contributed by atoms with van der Waals surface area (Å²) in [4.78, 5) is 20.7. The fraction of sp³-hybridized carbons (Fsp3) is 0.435. The Labute approximate surface area is 204 Å². The topological polar surface area (TPSA) is 92.3 Å². The Hall–Kier alpha value is -2.93. The first-order valence-electron chi connectivity index (χ1n) is 11.2. The van der Waals surface area contributed by atoms with Crippen LogP contribution < -0.4 is 5.32 Å². The number of amides is 1. The van der Waals surface area contributed by atoms with Crippen LogP contribution in [0.1, 0.15) is 37.1 Å². The Balaban J connectivity index is 1.43. The Morgan fingerprint density at radius 1 is 1.17 bits per heavy atom. The normalized spacial score (nSPS) is 23.4. The number of nitrogens with zero attached hydrogens (tertiary/aromatic N) is 3. The van der Waals surface area contributed by atoms with Gasteiger partial charge in [0.1, 0.15) is 24.4 Å². The molecule has 1 N–H and O–H groups in total. The third kappa shape index (κ3) is 5.72. The highest BCUT2D eigenvalue weighted by Gasteiger charge is 2.44. The van der Waals surface area contributed by atoms with Gasteiger partial charge in [-0.3, -0.25) is 4.79 Å². The molecule has 4 rings (SSSR count). The quantitative estimate of drug-likeness (QED) is 0.574. The summed E-state index contributed by atoms with van der Waals surface area (Å²) in [6.07, 6.45) is -3.40. The number of hydrogen-bond donors (Lipinski definition) is 1. The molecule has 3 atom stereocenters. The van der Waals surface area contributed by atoms with E-state index < -0.39 is 52.6 Å². The van der Waals surface area contributed by atoms with Crippen LogP contribution in [-0.4, -0.2) is 53.5 Å². The van der Waals surface area contributed by atoms with E-state index in [1.165, 1.54) is 12.4 Å². The lowest BCUT2D eigenvalue weighted by Crippen LogP contribution is -2.45. The SMILES string of the molecule is O=C(NCc1cc(C2=CC[C@@H](C(F)(F)F)CC2)ncn1)[C@@H]1C[C@@H](F)CN1S(=O)(=O)c1ccc(F)cc1. The van der Waals surface area contributed by atoms with E-state index in [4.69, 9.17) is 0 Å². The predicted octanol–water partition coefficient (Wildman–Crippen LogP) is 3.78. The van der Waals surface area contributed by atoms with E-state index >= 15 is 0 Å². The molecule has 1 saturated heterocycles. The largest absolute Gasteiger partial charge is 0.392 e. The number of sulfonamides is 1. The number of benzene rings is 1. The van der Waals surface area contributed by atoms with Crippen molar-refractivity contribution >= 4 is 21.5 Å². The first-order valence-corrected chi connectivity index (χ1v) is 12.7. The maximum atomic E-state index is 14.2. The van der Waals surface area contributed by atoms with E-state index in [-0.39, 0.29) is 37.1 Å². The Morgan fingerprint density at radius 3 is 2.53 bits per heavy atom. The molecule has 1 fully saturated rings. The van der Waals surface area contributed by atoms with Crippen molar-refractivity contribution < 1.29 is 35.2 Å². The number of alkyl halides is 4. The molecule has 1 aromatic carbocycles. The van der Waals surface area contributed by atoms with Crippen LogP contribution in [0.2, 0.25) is 0 Å². The lowest BCUT2D eigenvalue weighted by Gasteiger charge is -2.24. The molecule has 0 bridgehead atoms. The molecule has 1 amide bonds. The van der Waals surface area contributed by atoms with Crippen molar-refractivity contribution in [1.82, 2.24) is 19.6 Å². The second-order valence-electron chi connectivity index (χ2n) is 8.73. The van der Waals surface area contributed by atoms with Crippen LogP contribution in [0.5, 0.6) is 0 Å². The standard InChI is InChI=1S/C23H23F5N4O3S/c24-16-5-7-19(8-6-16)36(34,35)32-12-17(25)9-21(32)22(33)29-11-18-10-20(31-13-30-18)14-1-3-15(4-2-14)23(26,27)28/h1,5-8,10,13,15,17,21H,2-4,9,11-12H2,(H,29,33)/t15-,17-,21+/m1/s1. The van der Waals surface area contributed by atoms with Gasteiger partial charge < -0.3 is 5.32 Å². The van der Waals surface area contributed by atoms with E-state index in [2.05, 4.69) is 15.3 Å². The molecule has 2 heterocycles. The van der Waals surface area contributed by atoms with Gasteiger partial charge in [0, 0.05) is 13.0 Å². The smallest absolute Gasteiger partial charge is 0.349 e. The fourth-order valence-electron chi connectivity index (χ4n) is 4.33. The lowest BCUT2D eigenvalue weighted by atomic mass is 9.88. The van der Waals surface area contributed by atoms with Crippen LogP contribution in [0.25, 0.3) is 5.57 Å². The van der Waals surface area contributed by atoms with Crippen molar-refractivity contribution in [2.45, 2.75) is 55.5 Å². The van der Waals surface area contributed by atoms with Crippen molar-refractivity contribution in [1.29, 1.82) is 0 Å². The van der Waals surface area contributed by atoms with E-state index in [0.717, 1.165) is 28.6 Å². The highest BCUT2D eigenvalue weighted by molar-refractivity contribution is 7.89. The Kier molecular flexibility index (Phi) is 7.41. The van der Waals surface area contributed by atoms with Gasteiger partial charge in [0.15, 0.2) is 0 Å².